The Morgan fingerprint density at radius 2 is 2.44 bits per heavy atom. The molecule has 2 aromatic heterocycles. The lowest BCUT2D eigenvalue weighted by atomic mass is 9.83. The van der Waals surface area contributed by atoms with Crippen molar-refractivity contribution in [1.29, 1.82) is 0 Å². The van der Waals surface area contributed by atoms with Gasteiger partial charge in [0.1, 0.15) is 5.76 Å². The summed E-state index contributed by atoms with van der Waals surface area (Å²) in [6, 6.07) is 4.31. The SMILES string of the molecule is CC1(Cc2ccsc2)NCCc2occc21. The van der Waals surface area contributed by atoms with Crippen LogP contribution < -0.4 is 5.32 Å². The van der Waals surface area contributed by atoms with Gasteiger partial charge in [-0.1, -0.05) is 0 Å². The van der Waals surface area contributed by atoms with Crippen LogP contribution in [0, 0.1) is 0 Å². The maximum absolute atomic E-state index is 5.53. The molecule has 84 valence electrons. The third-order valence-electron chi connectivity index (χ3n) is 3.34. The minimum Gasteiger partial charge on any atom is -0.469 e. The van der Waals surface area contributed by atoms with Crippen molar-refractivity contribution in [1.82, 2.24) is 5.32 Å². The molecule has 0 radical (unpaired) electrons. The van der Waals surface area contributed by atoms with Crippen LogP contribution >= 0.6 is 11.3 Å². The largest absolute Gasteiger partial charge is 0.469 e. The van der Waals surface area contributed by atoms with Crippen LogP contribution in [0.25, 0.3) is 0 Å². The van der Waals surface area contributed by atoms with Gasteiger partial charge in [0.25, 0.3) is 0 Å². The Bertz CT molecular complexity index is 474. The van der Waals surface area contributed by atoms with Gasteiger partial charge in [-0.15, -0.1) is 0 Å². The average Bonchev–Trinajstić information content (AvgIpc) is 2.88. The number of fused-ring (bicyclic) bond motifs is 1. The Balaban J connectivity index is 1.95. The van der Waals surface area contributed by atoms with Crippen LogP contribution in [0.1, 0.15) is 23.8 Å². The van der Waals surface area contributed by atoms with E-state index >= 15 is 0 Å². The van der Waals surface area contributed by atoms with Crippen LogP contribution in [0.3, 0.4) is 0 Å². The summed E-state index contributed by atoms with van der Waals surface area (Å²) in [5.74, 6) is 1.15. The predicted octanol–water partition coefficient (Wildman–Crippen LogP) is 2.94. The topological polar surface area (TPSA) is 25.2 Å². The molecule has 0 fully saturated rings. The fourth-order valence-electron chi connectivity index (χ4n) is 2.53. The molecule has 0 aromatic carbocycles. The van der Waals surface area contributed by atoms with E-state index < -0.39 is 0 Å². The number of hydrogen-bond donors (Lipinski definition) is 1. The van der Waals surface area contributed by atoms with Gasteiger partial charge < -0.3 is 9.73 Å². The Morgan fingerprint density at radius 1 is 1.50 bits per heavy atom. The lowest BCUT2D eigenvalue weighted by Gasteiger charge is -2.34. The van der Waals surface area contributed by atoms with Crippen molar-refractivity contribution in [2.75, 3.05) is 6.54 Å². The van der Waals surface area contributed by atoms with Crippen LogP contribution in [0.15, 0.2) is 33.6 Å². The van der Waals surface area contributed by atoms with Crippen LogP contribution in [0.2, 0.25) is 0 Å². The molecular formula is C13H15NOS. The van der Waals surface area contributed by atoms with Crippen LogP contribution in [0.5, 0.6) is 0 Å². The number of furan rings is 1. The van der Waals surface area contributed by atoms with E-state index in [2.05, 4.69) is 35.1 Å². The van der Waals surface area contributed by atoms with Crippen molar-refractivity contribution in [2.24, 2.45) is 0 Å². The van der Waals surface area contributed by atoms with Gasteiger partial charge in [-0.3, -0.25) is 0 Å². The van der Waals surface area contributed by atoms with Gasteiger partial charge in [-0.2, -0.15) is 11.3 Å². The molecule has 1 unspecified atom stereocenters. The highest BCUT2D eigenvalue weighted by Gasteiger charge is 2.33. The summed E-state index contributed by atoms with van der Waals surface area (Å²) in [5, 5.41) is 7.98. The summed E-state index contributed by atoms with van der Waals surface area (Å²) in [4.78, 5) is 0. The van der Waals surface area contributed by atoms with E-state index in [-0.39, 0.29) is 5.54 Å². The maximum atomic E-state index is 5.53. The van der Waals surface area contributed by atoms with Gasteiger partial charge in [-0.05, 0) is 41.8 Å². The number of rotatable bonds is 2. The second-order valence-electron chi connectivity index (χ2n) is 4.57. The number of nitrogens with one attached hydrogen (secondary N) is 1. The highest BCUT2D eigenvalue weighted by molar-refractivity contribution is 7.07. The molecule has 3 rings (SSSR count). The van der Waals surface area contributed by atoms with Gasteiger partial charge in [0.2, 0.25) is 0 Å². The van der Waals surface area contributed by atoms with E-state index in [4.69, 9.17) is 4.42 Å². The first kappa shape index (κ1) is 10.1. The van der Waals surface area contributed by atoms with Crippen molar-refractivity contribution in [3.05, 3.63) is 46.0 Å². The molecule has 0 saturated carbocycles. The van der Waals surface area contributed by atoms with E-state index in [9.17, 15) is 0 Å². The first-order valence-electron chi connectivity index (χ1n) is 5.61. The summed E-state index contributed by atoms with van der Waals surface area (Å²) in [6.45, 7) is 3.26. The summed E-state index contributed by atoms with van der Waals surface area (Å²) >= 11 is 1.76. The fraction of sp³-hybridized carbons (Fsp3) is 0.385. The van der Waals surface area contributed by atoms with E-state index in [1.807, 2.05) is 6.26 Å². The predicted molar refractivity (Wildman–Crippen MR) is 65.8 cm³/mol. The highest BCUT2D eigenvalue weighted by Crippen LogP contribution is 2.32. The lowest BCUT2D eigenvalue weighted by molar-refractivity contribution is 0.323. The zero-order chi connectivity index (χ0) is 11.0. The van der Waals surface area contributed by atoms with Crippen molar-refractivity contribution in [3.63, 3.8) is 0 Å². The Morgan fingerprint density at radius 3 is 3.25 bits per heavy atom. The average molecular weight is 233 g/mol. The number of thiophene rings is 1. The minimum absolute atomic E-state index is 0.0294. The Labute approximate surface area is 99.3 Å². The first-order valence-corrected chi connectivity index (χ1v) is 6.55. The molecule has 0 aliphatic carbocycles. The molecule has 1 atom stereocenters. The molecule has 2 aromatic rings. The molecule has 0 amide bonds. The Hall–Kier alpha value is -1.06. The molecule has 1 N–H and O–H groups in total. The van der Waals surface area contributed by atoms with Gasteiger partial charge in [0.15, 0.2) is 0 Å². The van der Waals surface area contributed by atoms with Gasteiger partial charge >= 0.3 is 0 Å². The van der Waals surface area contributed by atoms with Crippen molar-refractivity contribution in [3.8, 4) is 0 Å². The third kappa shape index (κ3) is 1.60. The maximum Gasteiger partial charge on any atom is 0.110 e. The van der Waals surface area contributed by atoms with Crippen molar-refractivity contribution in [2.45, 2.75) is 25.3 Å². The zero-order valence-corrected chi connectivity index (χ0v) is 10.1. The Kier molecular flexibility index (Phi) is 2.37. The first-order chi connectivity index (χ1) is 7.78. The number of hydrogen-bond acceptors (Lipinski definition) is 3. The standard InChI is InChI=1S/C13H15NOS/c1-13(8-10-4-7-16-9-10)11-3-6-15-12(11)2-5-14-13/h3-4,6-7,9,14H,2,5,8H2,1H3. The van der Waals surface area contributed by atoms with Crippen molar-refractivity contribution < 1.29 is 4.42 Å². The molecule has 3 heterocycles. The molecule has 3 heteroatoms. The van der Waals surface area contributed by atoms with E-state index in [1.54, 1.807) is 11.3 Å². The summed E-state index contributed by atoms with van der Waals surface area (Å²) in [6.07, 6.45) is 3.84. The third-order valence-corrected chi connectivity index (χ3v) is 4.08. The highest BCUT2D eigenvalue weighted by atomic mass is 32.1. The molecule has 0 saturated heterocycles. The quantitative estimate of drug-likeness (QED) is 0.862. The normalized spacial score (nSPS) is 24.3. The molecule has 1 aliphatic rings. The van der Waals surface area contributed by atoms with E-state index in [1.165, 1.54) is 11.1 Å². The van der Waals surface area contributed by atoms with Crippen LogP contribution in [-0.2, 0) is 18.4 Å². The molecule has 1 aliphatic heterocycles. The molecule has 2 nitrogen and oxygen atoms in total. The second kappa shape index (κ2) is 3.75. The molecular weight excluding hydrogens is 218 g/mol. The lowest BCUT2D eigenvalue weighted by Crippen LogP contribution is -2.46. The molecule has 16 heavy (non-hydrogen) atoms. The fourth-order valence-corrected chi connectivity index (χ4v) is 3.20. The van der Waals surface area contributed by atoms with Gasteiger partial charge in [-0.25, -0.2) is 0 Å². The van der Waals surface area contributed by atoms with E-state index in [0.29, 0.717) is 0 Å². The van der Waals surface area contributed by atoms with Crippen molar-refractivity contribution >= 4 is 11.3 Å². The van der Waals surface area contributed by atoms with E-state index in [0.717, 1.165) is 25.1 Å². The summed E-state index contributed by atoms with van der Waals surface area (Å²) in [7, 11) is 0. The smallest absolute Gasteiger partial charge is 0.110 e. The van der Waals surface area contributed by atoms with Gasteiger partial charge in [0.05, 0.1) is 6.26 Å². The van der Waals surface area contributed by atoms with Crippen LogP contribution in [-0.4, -0.2) is 6.54 Å². The monoisotopic (exact) mass is 233 g/mol. The second-order valence-corrected chi connectivity index (χ2v) is 5.35. The minimum atomic E-state index is 0.0294. The molecule has 0 bridgehead atoms. The summed E-state index contributed by atoms with van der Waals surface area (Å²) < 4.78 is 5.53. The van der Waals surface area contributed by atoms with Gasteiger partial charge in [0, 0.05) is 24.1 Å². The molecule has 0 spiro atoms. The summed E-state index contributed by atoms with van der Waals surface area (Å²) in [5.41, 5.74) is 2.75. The van der Waals surface area contributed by atoms with Crippen LogP contribution in [0.4, 0.5) is 0 Å². The zero-order valence-electron chi connectivity index (χ0n) is 9.32.